The number of halogens is 1. The summed E-state index contributed by atoms with van der Waals surface area (Å²) in [7, 11) is 0. The first-order valence-electron chi connectivity index (χ1n) is 11.3. The molecule has 1 aliphatic rings. The molecule has 1 aromatic heterocycles. The maximum atomic E-state index is 14.7. The number of nitrogens with two attached hydrogens (primary N) is 1. The molecule has 0 aliphatic carbocycles. The summed E-state index contributed by atoms with van der Waals surface area (Å²) in [6, 6.07) is 10.8. The van der Waals surface area contributed by atoms with Gasteiger partial charge in [-0.05, 0) is 75.4 Å². The van der Waals surface area contributed by atoms with E-state index in [0.29, 0.717) is 31.0 Å². The molecule has 2 heterocycles. The van der Waals surface area contributed by atoms with Gasteiger partial charge in [-0.1, -0.05) is 12.1 Å². The van der Waals surface area contributed by atoms with Crippen molar-refractivity contribution in [1.29, 1.82) is 0 Å². The Bertz CT molecular complexity index is 1170. The van der Waals surface area contributed by atoms with Gasteiger partial charge in [-0.15, -0.1) is 0 Å². The molecule has 6 nitrogen and oxygen atoms in total. The Morgan fingerprint density at radius 1 is 1.30 bits per heavy atom. The maximum Gasteiger partial charge on any atom is 0.410 e. The second-order valence-corrected chi connectivity index (χ2v) is 9.75. The van der Waals surface area contributed by atoms with Crippen LogP contribution in [0, 0.1) is 18.7 Å². The lowest BCUT2D eigenvalue weighted by molar-refractivity contribution is 0.0289. The number of ether oxygens (including phenoxy) is 1. The highest BCUT2D eigenvalue weighted by atomic mass is 19.1. The van der Waals surface area contributed by atoms with Gasteiger partial charge in [0.25, 0.3) is 0 Å². The number of nitrogens with zero attached hydrogens (tertiary/aromatic N) is 2. The minimum atomic E-state index is -0.508. The molecule has 3 aromatic rings. The number of fused-ring (bicyclic) bond motifs is 1. The fraction of sp³-hybridized carbons (Fsp3) is 0.385. The topological polar surface area (TPSA) is 80.5 Å². The third-order valence-electron chi connectivity index (χ3n) is 5.89. The first-order chi connectivity index (χ1) is 15.6. The molecule has 174 valence electrons. The molecule has 1 amide bonds. The van der Waals surface area contributed by atoms with Crippen LogP contribution in [0.3, 0.4) is 0 Å². The van der Waals surface area contributed by atoms with Crippen LogP contribution in [-0.4, -0.2) is 41.2 Å². The minimum absolute atomic E-state index is 0.257. The van der Waals surface area contributed by atoms with E-state index in [9.17, 15) is 9.18 Å². The van der Waals surface area contributed by atoms with Crippen LogP contribution < -0.4 is 11.1 Å². The van der Waals surface area contributed by atoms with Crippen LogP contribution in [0.25, 0.3) is 21.9 Å². The number of aryl methyl sites for hydroxylation is 1. The van der Waals surface area contributed by atoms with Gasteiger partial charge in [0.2, 0.25) is 0 Å². The van der Waals surface area contributed by atoms with E-state index in [1.807, 2.05) is 52.0 Å². The van der Waals surface area contributed by atoms with Gasteiger partial charge in [-0.25, -0.2) is 14.2 Å². The monoisotopic (exact) mass is 450 g/mol. The van der Waals surface area contributed by atoms with Gasteiger partial charge in [0.1, 0.15) is 17.2 Å². The predicted molar refractivity (Wildman–Crippen MR) is 131 cm³/mol. The van der Waals surface area contributed by atoms with Crippen molar-refractivity contribution in [3.05, 3.63) is 54.0 Å². The Kier molecular flexibility index (Phi) is 6.15. The Labute approximate surface area is 193 Å². The van der Waals surface area contributed by atoms with Crippen molar-refractivity contribution in [1.82, 2.24) is 9.88 Å². The third-order valence-corrected chi connectivity index (χ3v) is 5.89. The van der Waals surface area contributed by atoms with E-state index in [1.165, 1.54) is 6.07 Å². The average Bonchev–Trinajstić information content (AvgIpc) is 3.20. The number of nitrogens with one attached hydrogen (secondary N) is 1. The largest absolute Gasteiger partial charge is 0.444 e. The van der Waals surface area contributed by atoms with Crippen molar-refractivity contribution in [2.75, 3.05) is 30.7 Å². The second kappa shape index (κ2) is 8.89. The smallest absolute Gasteiger partial charge is 0.410 e. The molecule has 33 heavy (non-hydrogen) atoms. The standard InChI is InChI=1S/C26H31FN4O2/c1-16-6-5-7-21(27)24(16)18-10-19-14-30-23(28)12-20(19)22(11-18)29-13-17-8-9-31(15-17)25(32)33-26(2,3)4/h5-7,10-12,14,17,29H,8-9,13,15H2,1-4H3,(H2,28,30)/t17-/m1/s1. The predicted octanol–water partition coefficient (Wildman–Crippen LogP) is 5.60. The first kappa shape index (κ1) is 22.8. The zero-order valence-electron chi connectivity index (χ0n) is 19.6. The van der Waals surface area contributed by atoms with Gasteiger partial charge < -0.3 is 20.7 Å². The molecule has 1 fully saturated rings. The fourth-order valence-electron chi connectivity index (χ4n) is 4.31. The van der Waals surface area contributed by atoms with E-state index in [1.54, 1.807) is 17.2 Å². The van der Waals surface area contributed by atoms with Gasteiger partial charge in [-0.3, -0.25) is 0 Å². The van der Waals surface area contributed by atoms with E-state index in [2.05, 4.69) is 10.3 Å². The molecule has 0 saturated carbocycles. The molecule has 0 bridgehead atoms. The molecular formula is C26H31FN4O2. The number of amides is 1. The van der Waals surface area contributed by atoms with Gasteiger partial charge in [0.15, 0.2) is 0 Å². The number of hydrogen-bond donors (Lipinski definition) is 2. The number of nitrogen functional groups attached to an aromatic ring is 1. The SMILES string of the molecule is Cc1cccc(F)c1-c1cc(NC[C@H]2CCN(C(=O)OC(C)(C)C)C2)c2cc(N)ncc2c1. The third kappa shape index (κ3) is 5.18. The summed E-state index contributed by atoms with van der Waals surface area (Å²) in [4.78, 5) is 18.4. The van der Waals surface area contributed by atoms with Gasteiger partial charge in [0.05, 0.1) is 0 Å². The van der Waals surface area contributed by atoms with Crippen LogP contribution in [0.4, 0.5) is 20.7 Å². The number of benzene rings is 2. The average molecular weight is 451 g/mol. The van der Waals surface area contributed by atoms with E-state index < -0.39 is 5.60 Å². The van der Waals surface area contributed by atoms with E-state index >= 15 is 0 Å². The molecule has 0 radical (unpaired) electrons. The molecule has 7 heteroatoms. The maximum absolute atomic E-state index is 14.7. The van der Waals surface area contributed by atoms with Gasteiger partial charge >= 0.3 is 6.09 Å². The zero-order chi connectivity index (χ0) is 23.8. The summed E-state index contributed by atoms with van der Waals surface area (Å²) >= 11 is 0. The number of carbonyl (C=O) groups is 1. The van der Waals surface area contributed by atoms with Crippen LogP contribution in [-0.2, 0) is 4.74 Å². The number of hydrogen-bond acceptors (Lipinski definition) is 5. The van der Waals surface area contributed by atoms with Crippen molar-refractivity contribution in [2.45, 2.75) is 39.7 Å². The second-order valence-electron chi connectivity index (χ2n) is 9.75. The molecule has 0 unspecified atom stereocenters. The van der Waals surface area contributed by atoms with Gasteiger partial charge in [-0.2, -0.15) is 0 Å². The normalized spacial score (nSPS) is 16.3. The molecule has 3 N–H and O–H groups in total. The number of anilines is 2. The summed E-state index contributed by atoms with van der Waals surface area (Å²) < 4.78 is 20.2. The van der Waals surface area contributed by atoms with Crippen LogP contribution >= 0.6 is 0 Å². The van der Waals surface area contributed by atoms with Crippen molar-refractivity contribution in [3.8, 4) is 11.1 Å². The molecule has 4 rings (SSSR count). The summed E-state index contributed by atoms with van der Waals surface area (Å²) in [6.07, 6.45) is 2.33. The molecule has 1 aliphatic heterocycles. The Morgan fingerprint density at radius 2 is 2.09 bits per heavy atom. The summed E-state index contributed by atoms with van der Waals surface area (Å²) in [5.41, 5.74) is 8.55. The molecule has 1 atom stereocenters. The van der Waals surface area contributed by atoms with Crippen molar-refractivity contribution < 1.29 is 13.9 Å². The van der Waals surface area contributed by atoms with Crippen molar-refractivity contribution in [3.63, 3.8) is 0 Å². The molecule has 2 aromatic carbocycles. The van der Waals surface area contributed by atoms with Crippen LogP contribution in [0.15, 0.2) is 42.6 Å². The van der Waals surface area contributed by atoms with Crippen molar-refractivity contribution >= 4 is 28.4 Å². The summed E-state index contributed by atoms with van der Waals surface area (Å²) in [5, 5.41) is 5.34. The number of likely N-dealkylation sites (tertiary alicyclic amines) is 1. The Morgan fingerprint density at radius 3 is 2.82 bits per heavy atom. The lowest BCUT2D eigenvalue weighted by Gasteiger charge is -2.24. The number of aromatic nitrogens is 1. The van der Waals surface area contributed by atoms with Crippen LogP contribution in [0.2, 0.25) is 0 Å². The van der Waals surface area contributed by atoms with Crippen LogP contribution in [0.1, 0.15) is 32.8 Å². The molecule has 1 saturated heterocycles. The Balaban J connectivity index is 1.57. The van der Waals surface area contributed by atoms with Gasteiger partial charge in [0, 0.05) is 47.9 Å². The number of carbonyl (C=O) groups excluding carboxylic acids is 1. The summed E-state index contributed by atoms with van der Waals surface area (Å²) in [6.45, 7) is 9.50. The van der Waals surface area contributed by atoms with E-state index in [4.69, 9.17) is 10.5 Å². The fourth-order valence-corrected chi connectivity index (χ4v) is 4.31. The lowest BCUT2D eigenvalue weighted by atomic mass is 9.96. The molecule has 0 spiro atoms. The summed E-state index contributed by atoms with van der Waals surface area (Å²) in [5.74, 6) is 0.454. The minimum Gasteiger partial charge on any atom is -0.444 e. The quantitative estimate of drug-likeness (QED) is 0.541. The number of rotatable bonds is 4. The van der Waals surface area contributed by atoms with Crippen molar-refractivity contribution in [2.24, 2.45) is 5.92 Å². The highest BCUT2D eigenvalue weighted by Gasteiger charge is 2.29. The zero-order valence-corrected chi connectivity index (χ0v) is 19.6. The number of pyridine rings is 1. The lowest BCUT2D eigenvalue weighted by Crippen LogP contribution is -2.35. The molecular weight excluding hydrogens is 419 g/mol. The highest BCUT2D eigenvalue weighted by Crippen LogP contribution is 2.35. The van der Waals surface area contributed by atoms with Crippen LogP contribution in [0.5, 0.6) is 0 Å². The van der Waals surface area contributed by atoms with E-state index in [-0.39, 0.29) is 17.8 Å². The van der Waals surface area contributed by atoms with E-state index in [0.717, 1.165) is 34.0 Å². The first-order valence-corrected chi connectivity index (χ1v) is 11.3. The Hall–Kier alpha value is -3.35. The highest BCUT2D eigenvalue weighted by molar-refractivity contribution is 5.98.